The van der Waals surface area contributed by atoms with Crippen LogP contribution in [-0.4, -0.2) is 75.6 Å². The lowest BCUT2D eigenvalue weighted by atomic mass is 9.91. The molecule has 2 aliphatic carbocycles. The number of amides is 1. The minimum atomic E-state index is -4.73. The molecule has 0 aromatic heterocycles. The molecule has 1 aromatic carbocycles. The molecule has 1 amide bonds. The standard InChI is InChI=1S/C24H27F3N2O7/c1-33-18-8-6-14-15(10-17(18)30)16(28-20(31)11-29(32)12-24(25,26)27)7-5-13-9-19(34-2)22(35-3)23(36-4)21(13)14/h6,8-10,16-17,30H,5,7,11-12H2,1-4H3/p+1. The first-order chi connectivity index (χ1) is 17.0. The lowest BCUT2D eigenvalue weighted by Gasteiger charge is -2.23. The SMILES string of the molecule is COC1=CC=C2C(=CC1O)C(NC(=O)C[N+](=O)CC(F)(F)F)CCc1cc(OC)c(OC)c(OC)c12. The summed E-state index contributed by atoms with van der Waals surface area (Å²) in [6, 6.07) is 1.04. The molecule has 0 saturated carbocycles. The largest absolute Gasteiger partial charge is 0.498 e. The Morgan fingerprint density at radius 2 is 1.81 bits per heavy atom. The number of aliphatic hydroxyl groups is 1. The van der Waals surface area contributed by atoms with E-state index in [0.29, 0.717) is 46.8 Å². The number of nitrogens with one attached hydrogen (secondary N) is 1. The molecule has 0 radical (unpaired) electrons. The van der Waals surface area contributed by atoms with Crippen molar-refractivity contribution in [2.45, 2.75) is 31.2 Å². The summed E-state index contributed by atoms with van der Waals surface area (Å²) in [5.74, 6) is 0.501. The van der Waals surface area contributed by atoms with Crippen LogP contribution in [0.4, 0.5) is 13.2 Å². The summed E-state index contributed by atoms with van der Waals surface area (Å²) < 4.78 is 59.2. The molecular formula is C24H28F3N2O7+. The van der Waals surface area contributed by atoms with Crippen molar-refractivity contribution < 1.29 is 46.8 Å². The van der Waals surface area contributed by atoms with Crippen molar-refractivity contribution >= 4 is 11.5 Å². The van der Waals surface area contributed by atoms with E-state index in [1.54, 1.807) is 18.2 Å². The van der Waals surface area contributed by atoms with Gasteiger partial charge in [0.05, 0.1) is 34.5 Å². The van der Waals surface area contributed by atoms with Crippen LogP contribution in [0, 0.1) is 4.91 Å². The van der Waals surface area contributed by atoms with Crippen LogP contribution in [0.15, 0.2) is 35.6 Å². The van der Waals surface area contributed by atoms with Crippen LogP contribution >= 0.6 is 0 Å². The maximum atomic E-state index is 12.5. The Balaban J connectivity index is 2.08. The Morgan fingerprint density at radius 1 is 1.11 bits per heavy atom. The van der Waals surface area contributed by atoms with Crippen LogP contribution in [0.2, 0.25) is 0 Å². The second-order valence-electron chi connectivity index (χ2n) is 8.17. The maximum absolute atomic E-state index is 12.5. The molecule has 0 fully saturated rings. The molecule has 1 aromatic rings. The number of nitroso groups, excluding NO2 is 1. The summed E-state index contributed by atoms with van der Waals surface area (Å²) in [4.78, 5) is 24.2. The number of fused-ring (bicyclic) bond motifs is 3. The number of alkyl halides is 3. The number of rotatable bonds is 8. The van der Waals surface area contributed by atoms with Crippen LogP contribution in [0.1, 0.15) is 17.5 Å². The molecule has 0 heterocycles. The molecule has 0 aliphatic heterocycles. The fourth-order valence-corrected chi connectivity index (χ4v) is 4.38. The first kappa shape index (κ1) is 27.1. The predicted octanol–water partition coefficient (Wildman–Crippen LogP) is 2.70. The summed E-state index contributed by atoms with van der Waals surface area (Å²) in [6.45, 7) is -2.76. The van der Waals surface area contributed by atoms with Crippen molar-refractivity contribution in [3.63, 3.8) is 0 Å². The number of benzene rings is 1. The van der Waals surface area contributed by atoms with Gasteiger partial charge in [-0.1, -0.05) is 6.08 Å². The van der Waals surface area contributed by atoms with Gasteiger partial charge in [-0.3, -0.25) is 4.79 Å². The number of allylic oxidation sites excluding steroid dienone is 2. The number of ether oxygens (including phenoxy) is 4. The van der Waals surface area contributed by atoms with E-state index in [2.05, 4.69) is 5.32 Å². The molecule has 0 spiro atoms. The number of aryl methyl sites for hydroxylation is 1. The summed E-state index contributed by atoms with van der Waals surface area (Å²) in [5.41, 5.74) is 2.49. The van der Waals surface area contributed by atoms with E-state index >= 15 is 0 Å². The average molecular weight is 513 g/mol. The van der Waals surface area contributed by atoms with E-state index in [9.17, 15) is 28.0 Å². The summed E-state index contributed by atoms with van der Waals surface area (Å²) in [6.07, 6.45) is -0.396. The molecule has 9 nitrogen and oxygen atoms in total. The van der Waals surface area contributed by atoms with Crippen LogP contribution in [0.25, 0.3) is 5.57 Å². The maximum Gasteiger partial charge on any atom is 0.452 e. The highest BCUT2D eigenvalue weighted by Crippen LogP contribution is 2.49. The van der Waals surface area contributed by atoms with E-state index in [1.165, 1.54) is 34.5 Å². The molecular weight excluding hydrogens is 485 g/mol. The molecule has 196 valence electrons. The number of carbonyl (C=O) groups excluding carboxylic acids is 1. The van der Waals surface area contributed by atoms with Gasteiger partial charge in [0.25, 0.3) is 19.0 Å². The first-order valence-corrected chi connectivity index (χ1v) is 11.0. The van der Waals surface area contributed by atoms with Gasteiger partial charge in [0.2, 0.25) is 5.75 Å². The number of nitrogens with zero attached hydrogens (tertiary/aromatic N) is 1. The smallest absolute Gasteiger partial charge is 0.452 e. The molecule has 3 rings (SSSR count). The third-order valence-corrected chi connectivity index (χ3v) is 5.86. The Bertz CT molecular complexity index is 1130. The number of hydrogen-bond acceptors (Lipinski definition) is 7. The third kappa shape index (κ3) is 5.81. The van der Waals surface area contributed by atoms with Crippen molar-refractivity contribution in [3.8, 4) is 17.2 Å². The van der Waals surface area contributed by atoms with Gasteiger partial charge in [-0.25, -0.2) is 0 Å². The van der Waals surface area contributed by atoms with Gasteiger partial charge in [0.1, 0.15) is 11.9 Å². The lowest BCUT2D eigenvalue weighted by Crippen LogP contribution is -2.41. The van der Waals surface area contributed by atoms with Crippen molar-refractivity contribution in [2.24, 2.45) is 0 Å². The van der Waals surface area contributed by atoms with Crippen LogP contribution in [0.3, 0.4) is 0 Å². The summed E-state index contributed by atoms with van der Waals surface area (Å²) in [7, 11) is 5.82. The minimum Gasteiger partial charge on any atom is -0.498 e. The number of methoxy groups -OCH3 is 4. The van der Waals surface area contributed by atoms with Gasteiger partial charge in [0, 0.05) is 15.2 Å². The molecule has 0 bridgehead atoms. The van der Waals surface area contributed by atoms with Crippen molar-refractivity contribution in [3.05, 3.63) is 51.7 Å². The Labute approximate surface area is 205 Å². The van der Waals surface area contributed by atoms with Gasteiger partial charge in [-0.05, 0) is 47.8 Å². The lowest BCUT2D eigenvalue weighted by molar-refractivity contribution is -0.567. The molecule has 36 heavy (non-hydrogen) atoms. The number of carbonyl (C=O) groups is 1. The van der Waals surface area contributed by atoms with E-state index < -0.39 is 37.3 Å². The highest BCUT2D eigenvalue weighted by molar-refractivity contribution is 5.90. The Kier molecular flexibility index (Phi) is 8.28. The molecule has 12 heteroatoms. The van der Waals surface area contributed by atoms with Crippen LogP contribution in [0.5, 0.6) is 17.2 Å². The zero-order chi connectivity index (χ0) is 26.6. The van der Waals surface area contributed by atoms with E-state index in [0.717, 1.165) is 5.56 Å². The summed E-state index contributed by atoms with van der Waals surface area (Å²) in [5, 5.41) is 13.3. The topological polar surface area (TPSA) is 106 Å². The van der Waals surface area contributed by atoms with Gasteiger partial charge in [0.15, 0.2) is 11.5 Å². The second kappa shape index (κ2) is 11.0. The zero-order valence-corrected chi connectivity index (χ0v) is 20.3. The molecule has 2 atom stereocenters. The number of halogens is 3. The van der Waals surface area contributed by atoms with Crippen molar-refractivity contribution in [1.29, 1.82) is 0 Å². The van der Waals surface area contributed by atoms with E-state index in [1.807, 2.05) is 0 Å². The predicted molar refractivity (Wildman–Crippen MR) is 123 cm³/mol. The van der Waals surface area contributed by atoms with Crippen LogP contribution < -0.4 is 19.5 Å². The monoisotopic (exact) mass is 513 g/mol. The normalized spacial score (nSPS) is 19.3. The first-order valence-electron chi connectivity index (χ1n) is 11.0. The minimum absolute atomic E-state index is 0.241. The van der Waals surface area contributed by atoms with Gasteiger partial charge in [-0.15, -0.1) is 0 Å². The third-order valence-electron chi connectivity index (χ3n) is 5.86. The van der Waals surface area contributed by atoms with Crippen molar-refractivity contribution in [2.75, 3.05) is 41.5 Å². The number of hydrogen-bond donors (Lipinski definition) is 2. The molecule has 2 unspecified atom stereocenters. The van der Waals surface area contributed by atoms with Gasteiger partial charge in [-0.2, -0.15) is 13.2 Å². The molecule has 2 aliphatic rings. The summed E-state index contributed by atoms with van der Waals surface area (Å²) >= 11 is 0. The van der Waals surface area contributed by atoms with Gasteiger partial charge >= 0.3 is 6.18 Å². The Hall–Kier alpha value is -3.54. The zero-order valence-electron chi connectivity index (χ0n) is 20.3. The number of aliphatic hydroxyl groups excluding tert-OH is 1. The van der Waals surface area contributed by atoms with Crippen molar-refractivity contribution in [1.82, 2.24) is 5.32 Å². The van der Waals surface area contributed by atoms with Crippen LogP contribution in [-0.2, 0) is 16.0 Å². The molecule has 0 saturated heterocycles. The fourth-order valence-electron chi connectivity index (χ4n) is 4.38. The van der Waals surface area contributed by atoms with E-state index in [-0.39, 0.29) is 10.5 Å². The second-order valence-corrected chi connectivity index (χ2v) is 8.17. The average Bonchev–Trinajstić information content (AvgIpc) is 3.05. The fraction of sp³-hybridized carbons (Fsp3) is 0.458. The Morgan fingerprint density at radius 3 is 2.39 bits per heavy atom. The molecule has 2 N–H and O–H groups in total. The highest BCUT2D eigenvalue weighted by Gasteiger charge is 2.39. The quantitative estimate of drug-likeness (QED) is 0.515. The highest BCUT2D eigenvalue weighted by atomic mass is 19.4. The van der Waals surface area contributed by atoms with E-state index in [4.69, 9.17) is 18.9 Å². The van der Waals surface area contributed by atoms with Gasteiger partial charge < -0.3 is 29.4 Å².